The van der Waals surface area contributed by atoms with Crippen molar-refractivity contribution < 1.29 is 9.90 Å². The van der Waals surface area contributed by atoms with Crippen molar-refractivity contribution >= 4 is 5.91 Å². The summed E-state index contributed by atoms with van der Waals surface area (Å²) in [5.41, 5.74) is 0. The fraction of sp³-hybridized carbons (Fsp3) is 0.923. The Hall–Kier alpha value is -0.610. The van der Waals surface area contributed by atoms with E-state index in [-0.39, 0.29) is 11.8 Å². The zero-order chi connectivity index (χ0) is 12.7. The minimum absolute atomic E-state index is 0.108. The molecule has 0 bridgehead atoms. The zero-order valence-corrected chi connectivity index (χ0v) is 11.0. The van der Waals surface area contributed by atoms with Crippen LogP contribution in [0.25, 0.3) is 0 Å². The number of nitrogens with one attached hydrogen (secondary N) is 2. The molecule has 0 aromatic rings. The van der Waals surface area contributed by atoms with Crippen molar-refractivity contribution in [1.82, 2.24) is 10.6 Å². The minimum Gasteiger partial charge on any atom is -0.391 e. The number of carbonyl (C=O) groups excluding carboxylic acids is 1. The van der Waals surface area contributed by atoms with Gasteiger partial charge in [0.05, 0.1) is 6.10 Å². The van der Waals surface area contributed by atoms with Crippen LogP contribution in [0.5, 0.6) is 0 Å². The molecule has 1 unspecified atom stereocenters. The quantitative estimate of drug-likeness (QED) is 0.648. The van der Waals surface area contributed by atoms with E-state index in [1.165, 1.54) is 0 Å². The van der Waals surface area contributed by atoms with Gasteiger partial charge in [-0.25, -0.2) is 0 Å². The minimum atomic E-state index is -0.407. The molecule has 1 aliphatic rings. The summed E-state index contributed by atoms with van der Waals surface area (Å²) >= 11 is 0. The van der Waals surface area contributed by atoms with Crippen LogP contribution in [0, 0.1) is 11.8 Å². The Bertz CT molecular complexity index is 223. The van der Waals surface area contributed by atoms with Crippen molar-refractivity contribution in [3.05, 3.63) is 0 Å². The predicted molar refractivity (Wildman–Crippen MR) is 68.7 cm³/mol. The van der Waals surface area contributed by atoms with Crippen LogP contribution < -0.4 is 10.6 Å². The first-order valence-corrected chi connectivity index (χ1v) is 6.85. The van der Waals surface area contributed by atoms with E-state index >= 15 is 0 Å². The molecule has 0 aliphatic carbocycles. The fourth-order valence-electron chi connectivity index (χ4n) is 2.43. The molecule has 0 radical (unpaired) electrons. The molecule has 0 spiro atoms. The van der Waals surface area contributed by atoms with Crippen LogP contribution >= 0.6 is 0 Å². The standard InChI is InChI=1S/C13H26N2O2/c1-3-10(4-2)12(16)9-15-13(17)11-5-7-14-8-6-11/h10-12,14,16H,3-9H2,1-2H3,(H,15,17). The largest absolute Gasteiger partial charge is 0.391 e. The van der Waals surface area contributed by atoms with E-state index in [2.05, 4.69) is 24.5 Å². The summed E-state index contributed by atoms with van der Waals surface area (Å²) in [6, 6.07) is 0. The summed E-state index contributed by atoms with van der Waals surface area (Å²) in [6.45, 7) is 6.40. The molecule has 3 N–H and O–H groups in total. The average molecular weight is 242 g/mol. The van der Waals surface area contributed by atoms with Gasteiger partial charge in [-0.05, 0) is 31.8 Å². The maximum atomic E-state index is 11.9. The monoisotopic (exact) mass is 242 g/mol. The van der Waals surface area contributed by atoms with Gasteiger partial charge in [-0.3, -0.25) is 4.79 Å². The van der Waals surface area contributed by atoms with E-state index in [0.717, 1.165) is 38.8 Å². The molecule has 1 amide bonds. The Labute approximate surface area is 104 Å². The first-order chi connectivity index (χ1) is 8.19. The van der Waals surface area contributed by atoms with Gasteiger partial charge in [-0.2, -0.15) is 0 Å². The molecule has 1 aliphatic heterocycles. The van der Waals surface area contributed by atoms with Gasteiger partial charge in [0.15, 0.2) is 0 Å². The van der Waals surface area contributed by atoms with E-state index in [1.54, 1.807) is 0 Å². The molecular formula is C13H26N2O2. The topological polar surface area (TPSA) is 61.4 Å². The summed E-state index contributed by atoms with van der Waals surface area (Å²) in [7, 11) is 0. The number of rotatable bonds is 6. The lowest BCUT2D eigenvalue weighted by molar-refractivity contribution is -0.126. The number of amides is 1. The van der Waals surface area contributed by atoms with E-state index in [9.17, 15) is 9.90 Å². The lowest BCUT2D eigenvalue weighted by Crippen LogP contribution is -2.42. The second-order valence-corrected chi connectivity index (χ2v) is 4.91. The highest BCUT2D eigenvalue weighted by Gasteiger charge is 2.22. The van der Waals surface area contributed by atoms with E-state index in [0.29, 0.717) is 12.5 Å². The van der Waals surface area contributed by atoms with Gasteiger partial charge in [0.2, 0.25) is 5.91 Å². The Balaban J connectivity index is 2.26. The molecule has 17 heavy (non-hydrogen) atoms. The maximum absolute atomic E-state index is 11.9. The third kappa shape index (κ3) is 4.64. The summed E-state index contributed by atoms with van der Waals surface area (Å²) in [5, 5.41) is 16.1. The molecular weight excluding hydrogens is 216 g/mol. The molecule has 1 atom stereocenters. The van der Waals surface area contributed by atoms with Crippen LogP contribution in [-0.4, -0.2) is 36.8 Å². The number of aliphatic hydroxyl groups excluding tert-OH is 1. The highest BCUT2D eigenvalue weighted by molar-refractivity contribution is 5.78. The van der Waals surface area contributed by atoms with Gasteiger partial charge >= 0.3 is 0 Å². The normalized spacial score (nSPS) is 19.3. The summed E-state index contributed by atoms with van der Waals surface area (Å²) < 4.78 is 0. The third-order valence-corrected chi connectivity index (χ3v) is 3.79. The van der Waals surface area contributed by atoms with Crippen LogP contribution in [0.4, 0.5) is 0 Å². The first kappa shape index (κ1) is 14.5. The van der Waals surface area contributed by atoms with Crippen LogP contribution in [0.2, 0.25) is 0 Å². The van der Waals surface area contributed by atoms with Crippen molar-refractivity contribution in [2.75, 3.05) is 19.6 Å². The third-order valence-electron chi connectivity index (χ3n) is 3.79. The van der Waals surface area contributed by atoms with Crippen molar-refractivity contribution in [3.63, 3.8) is 0 Å². The molecule has 1 saturated heterocycles. The molecule has 1 fully saturated rings. The Morgan fingerprint density at radius 3 is 2.47 bits per heavy atom. The van der Waals surface area contributed by atoms with E-state index in [1.807, 2.05) is 0 Å². The average Bonchev–Trinajstić information content (AvgIpc) is 2.38. The van der Waals surface area contributed by atoms with Crippen LogP contribution in [-0.2, 0) is 4.79 Å². The van der Waals surface area contributed by atoms with Gasteiger partial charge < -0.3 is 15.7 Å². The smallest absolute Gasteiger partial charge is 0.223 e. The second-order valence-electron chi connectivity index (χ2n) is 4.91. The molecule has 0 aromatic carbocycles. The highest BCUT2D eigenvalue weighted by atomic mass is 16.3. The number of hydrogen-bond acceptors (Lipinski definition) is 3. The van der Waals surface area contributed by atoms with Crippen LogP contribution in [0.15, 0.2) is 0 Å². The summed E-state index contributed by atoms with van der Waals surface area (Å²) in [4.78, 5) is 11.9. The maximum Gasteiger partial charge on any atom is 0.223 e. The molecule has 1 rings (SSSR count). The van der Waals surface area contributed by atoms with Crippen LogP contribution in [0.3, 0.4) is 0 Å². The molecule has 0 aromatic heterocycles. The lowest BCUT2D eigenvalue weighted by atomic mass is 9.95. The summed E-state index contributed by atoms with van der Waals surface area (Å²) in [6.07, 6.45) is 3.33. The fourth-order valence-corrected chi connectivity index (χ4v) is 2.43. The number of aliphatic hydroxyl groups is 1. The van der Waals surface area contributed by atoms with Gasteiger partial charge in [0, 0.05) is 12.5 Å². The number of hydrogen-bond donors (Lipinski definition) is 3. The van der Waals surface area contributed by atoms with Crippen molar-refractivity contribution in [2.45, 2.75) is 45.6 Å². The predicted octanol–water partition coefficient (Wildman–Crippen LogP) is 0.899. The second kappa shape index (κ2) is 7.67. The van der Waals surface area contributed by atoms with Crippen molar-refractivity contribution in [1.29, 1.82) is 0 Å². The molecule has 4 nitrogen and oxygen atoms in total. The molecule has 4 heteroatoms. The Morgan fingerprint density at radius 2 is 1.94 bits per heavy atom. The van der Waals surface area contributed by atoms with Crippen LogP contribution in [0.1, 0.15) is 39.5 Å². The Morgan fingerprint density at radius 1 is 1.35 bits per heavy atom. The van der Waals surface area contributed by atoms with E-state index in [4.69, 9.17) is 0 Å². The van der Waals surface area contributed by atoms with Crippen molar-refractivity contribution in [2.24, 2.45) is 11.8 Å². The Kier molecular flexibility index (Phi) is 6.52. The van der Waals surface area contributed by atoms with Crippen molar-refractivity contribution in [3.8, 4) is 0 Å². The summed E-state index contributed by atoms with van der Waals surface area (Å²) in [5.74, 6) is 0.532. The SMILES string of the molecule is CCC(CC)C(O)CNC(=O)C1CCNCC1. The van der Waals surface area contributed by atoms with Gasteiger partial charge in [0.1, 0.15) is 0 Å². The molecule has 1 heterocycles. The van der Waals surface area contributed by atoms with Gasteiger partial charge in [-0.1, -0.05) is 26.7 Å². The zero-order valence-electron chi connectivity index (χ0n) is 11.0. The van der Waals surface area contributed by atoms with Gasteiger partial charge in [0.25, 0.3) is 0 Å². The lowest BCUT2D eigenvalue weighted by Gasteiger charge is -2.24. The molecule has 0 saturated carbocycles. The highest BCUT2D eigenvalue weighted by Crippen LogP contribution is 2.14. The van der Waals surface area contributed by atoms with E-state index < -0.39 is 6.10 Å². The first-order valence-electron chi connectivity index (χ1n) is 6.85. The molecule has 100 valence electrons. The number of carbonyl (C=O) groups is 1. The van der Waals surface area contributed by atoms with Gasteiger partial charge in [-0.15, -0.1) is 0 Å². The number of piperidine rings is 1.